The van der Waals surface area contributed by atoms with Crippen LogP contribution in [-0.4, -0.2) is 58.0 Å². The highest BCUT2D eigenvalue weighted by Gasteiger charge is 2.28. The van der Waals surface area contributed by atoms with E-state index in [9.17, 15) is 9.59 Å². The number of carbonyl (C=O) groups excluding carboxylic acids is 2. The van der Waals surface area contributed by atoms with Gasteiger partial charge in [0.2, 0.25) is 5.89 Å². The largest absolute Gasteiger partial charge is 0.417 e. The molecule has 1 fully saturated rings. The number of rotatable bonds is 2. The lowest BCUT2D eigenvalue weighted by Gasteiger charge is -2.34. The minimum Gasteiger partial charge on any atom is -0.417 e. The Balaban J connectivity index is 1.63. The molecule has 0 aliphatic carbocycles. The molecule has 1 aromatic carbocycles. The Bertz CT molecular complexity index is 785. The Morgan fingerprint density at radius 2 is 1.62 bits per heavy atom. The van der Waals surface area contributed by atoms with Crippen LogP contribution >= 0.6 is 23.2 Å². The van der Waals surface area contributed by atoms with Crippen molar-refractivity contribution in [1.82, 2.24) is 20.0 Å². The molecule has 0 spiro atoms. The van der Waals surface area contributed by atoms with Crippen molar-refractivity contribution >= 4 is 35.0 Å². The molecule has 1 aromatic heterocycles. The maximum Gasteiger partial charge on any atom is 0.311 e. The lowest BCUT2D eigenvalue weighted by atomic mass is 10.2. The summed E-state index contributed by atoms with van der Waals surface area (Å²) in [5, 5.41) is 8.11. The van der Waals surface area contributed by atoms with Gasteiger partial charge in [-0.05, 0) is 18.2 Å². The molecule has 0 radical (unpaired) electrons. The zero-order chi connectivity index (χ0) is 17.3. The average molecular weight is 369 g/mol. The van der Waals surface area contributed by atoms with E-state index in [2.05, 4.69) is 10.2 Å². The van der Waals surface area contributed by atoms with E-state index in [0.29, 0.717) is 47.7 Å². The van der Waals surface area contributed by atoms with Crippen molar-refractivity contribution in [2.24, 2.45) is 0 Å². The number of aryl methyl sites for hydroxylation is 1. The maximum atomic E-state index is 12.5. The summed E-state index contributed by atoms with van der Waals surface area (Å²) >= 11 is 11.8. The van der Waals surface area contributed by atoms with E-state index in [0.717, 1.165) is 0 Å². The van der Waals surface area contributed by atoms with E-state index in [4.69, 9.17) is 27.6 Å². The highest BCUT2D eigenvalue weighted by molar-refractivity contribution is 6.42. The van der Waals surface area contributed by atoms with Gasteiger partial charge in [-0.3, -0.25) is 9.59 Å². The Hall–Kier alpha value is -2.12. The first-order valence-corrected chi connectivity index (χ1v) is 8.05. The molecule has 2 heterocycles. The number of amides is 2. The summed E-state index contributed by atoms with van der Waals surface area (Å²) in [6, 6.07) is 4.77. The third-order valence-corrected chi connectivity index (χ3v) is 4.47. The van der Waals surface area contributed by atoms with E-state index in [1.54, 1.807) is 34.9 Å². The number of piperazine rings is 1. The first-order chi connectivity index (χ1) is 11.5. The van der Waals surface area contributed by atoms with Crippen LogP contribution in [0.1, 0.15) is 26.9 Å². The van der Waals surface area contributed by atoms with Crippen LogP contribution in [0.4, 0.5) is 0 Å². The Labute approximate surface area is 148 Å². The van der Waals surface area contributed by atoms with Crippen LogP contribution in [0.5, 0.6) is 0 Å². The van der Waals surface area contributed by atoms with E-state index >= 15 is 0 Å². The van der Waals surface area contributed by atoms with Gasteiger partial charge in [-0.15, -0.1) is 10.2 Å². The molecule has 126 valence electrons. The van der Waals surface area contributed by atoms with Crippen molar-refractivity contribution in [3.63, 3.8) is 0 Å². The van der Waals surface area contributed by atoms with Crippen LogP contribution in [0.2, 0.25) is 10.0 Å². The number of aromatic nitrogens is 2. The molecule has 2 aromatic rings. The summed E-state index contributed by atoms with van der Waals surface area (Å²) in [5.41, 5.74) is 0.469. The first-order valence-electron chi connectivity index (χ1n) is 7.29. The quantitative estimate of drug-likeness (QED) is 0.812. The van der Waals surface area contributed by atoms with Gasteiger partial charge in [0.15, 0.2) is 0 Å². The van der Waals surface area contributed by atoms with E-state index in [-0.39, 0.29) is 17.7 Å². The lowest BCUT2D eigenvalue weighted by Crippen LogP contribution is -2.50. The van der Waals surface area contributed by atoms with Gasteiger partial charge in [0.25, 0.3) is 5.91 Å². The van der Waals surface area contributed by atoms with Crippen LogP contribution in [0.25, 0.3) is 0 Å². The molecular formula is C15H14Cl2N4O3. The number of halogens is 2. The predicted octanol–water partition coefficient (Wildman–Crippen LogP) is 2.28. The highest BCUT2D eigenvalue weighted by Crippen LogP contribution is 2.23. The summed E-state index contributed by atoms with van der Waals surface area (Å²) in [5.74, 6) is -0.157. The van der Waals surface area contributed by atoms with E-state index < -0.39 is 0 Å². The first kappa shape index (κ1) is 16.7. The predicted molar refractivity (Wildman–Crippen MR) is 87.3 cm³/mol. The second-order valence-corrected chi connectivity index (χ2v) is 6.15. The fourth-order valence-corrected chi connectivity index (χ4v) is 2.74. The molecule has 0 bridgehead atoms. The molecule has 24 heavy (non-hydrogen) atoms. The summed E-state index contributed by atoms with van der Waals surface area (Å²) in [6.45, 7) is 3.24. The summed E-state index contributed by atoms with van der Waals surface area (Å²) in [6.07, 6.45) is 0. The Morgan fingerprint density at radius 1 is 1.00 bits per heavy atom. The molecule has 0 atom stereocenters. The number of benzene rings is 1. The molecule has 3 rings (SSSR count). The SMILES string of the molecule is Cc1nnc(C(=O)N2CCN(C(=O)c3ccc(Cl)c(Cl)c3)CC2)o1. The van der Waals surface area contributed by atoms with Crippen molar-refractivity contribution in [3.05, 3.63) is 45.6 Å². The van der Waals surface area contributed by atoms with E-state index in [1.165, 1.54) is 0 Å². The van der Waals surface area contributed by atoms with Crippen molar-refractivity contribution in [1.29, 1.82) is 0 Å². The van der Waals surface area contributed by atoms with Gasteiger partial charge in [-0.1, -0.05) is 23.2 Å². The lowest BCUT2D eigenvalue weighted by molar-refractivity contribution is 0.0512. The van der Waals surface area contributed by atoms with Crippen LogP contribution in [0, 0.1) is 6.92 Å². The zero-order valence-electron chi connectivity index (χ0n) is 12.8. The molecule has 2 amide bonds. The molecular weight excluding hydrogens is 355 g/mol. The summed E-state index contributed by atoms with van der Waals surface area (Å²) < 4.78 is 5.15. The van der Waals surface area contributed by atoms with Crippen LogP contribution < -0.4 is 0 Å². The number of hydrogen-bond donors (Lipinski definition) is 0. The van der Waals surface area contributed by atoms with Crippen molar-refractivity contribution in [2.75, 3.05) is 26.2 Å². The van der Waals surface area contributed by atoms with Gasteiger partial charge in [0.05, 0.1) is 10.0 Å². The standard InChI is InChI=1S/C15H14Cl2N4O3/c1-9-18-19-13(24-9)15(23)21-6-4-20(5-7-21)14(22)10-2-3-11(16)12(17)8-10/h2-3,8H,4-7H2,1H3. The number of carbonyl (C=O) groups is 2. The fraction of sp³-hybridized carbons (Fsp3) is 0.333. The minimum absolute atomic E-state index is 0.0308. The Morgan fingerprint density at radius 3 is 2.17 bits per heavy atom. The Kier molecular flexibility index (Phi) is 4.73. The van der Waals surface area contributed by atoms with Gasteiger partial charge < -0.3 is 14.2 Å². The highest BCUT2D eigenvalue weighted by atomic mass is 35.5. The van der Waals surface area contributed by atoms with Gasteiger partial charge in [0, 0.05) is 38.7 Å². The topological polar surface area (TPSA) is 79.5 Å². The summed E-state index contributed by atoms with van der Waals surface area (Å²) in [7, 11) is 0. The third kappa shape index (κ3) is 3.37. The van der Waals surface area contributed by atoms with Crippen LogP contribution in [-0.2, 0) is 0 Å². The van der Waals surface area contributed by atoms with Gasteiger partial charge in [-0.25, -0.2) is 0 Å². The molecule has 1 aliphatic rings. The third-order valence-electron chi connectivity index (χ3n) is 3.73. The number of nitrogens with zero attached hydrogens (tertiary/aromatic N) is 4. The molecule has 0 saturated carbocycles. The van der Waals surface area contributed by atoms with Gasteiger partial charge >= 0.3 is 11.8 Å². The van der Waals surface area contributed by atoms with Crippen LogP contribution in [0.15, 0.2) is 22.6 Å². The summed E-state index contributed by atoms with van der Waals surface area (Å²) in [4.78, 5) is 28.0. The second-order valence-electron chi connectivity index (χ2n) is 5.34. The van der Waals surface area contributed by atoms with Crippen LogP contribution in [0.3, 0.4) is 0 Å². The van der Waals surface area contributed by atoms with Crippen molar-refractivity contribution in [2.45, 2.75) is 6.92 Å². The monoisotopic (exact) mass is 368 g/mol. The minimum atomic E-state index is -0.322. The zero-order valence-corrected chi connectivity index (χ0v) is 14.3. The van der Waals surface area contributed by atoms with Crippen molar-refractivity contribution < 1.29 is 14.0 Å². The number of hydrogen-bond acceptors (Lipinski definition) is 5. The smallest absolute Gasteiger partial charge is 0.311 e. The molecule has 9 heteroatoms. The van der Waals surface area contributed by atoms with Gasteiger partial charge in [0.1, 0.15) is 0 Å². The molecule has 1 saturated heterocycles. The molecule has 0 N–H and O–H groups in total. The molecule has 0 unspecified atom stereocenters. The normalized spacial score (nSPS) is 14.8. The van der Waals surface area contributed by atoms with E-state index in [1.807, 2.05) is 0 Å². The van der Waals surface area contributed by atoms with Gasteiger partial charge in [-0.2, -0.15) is 0 Å². The second kappa shape index (κ2) is 6.78. The van der Waals surface area contributed by atoms with Crippen molar-refractivity contribution in [3.8, 4) is 0 Å². The fourth-order valence-electron chi connectivity index (χ4n) is 2.44. The maximum absolute atomic E-state index is 12.5. The molecule has 7 nitrogen and oxygen atoms in total. The molecule has 1 aliphatic heterocycles. The average Bonchev–Trinajstić information content (AvgIpc) is 3.02.